The highest BCUT2D eigenvalue weighted by Gasteiger charge is 2.30. The average molecular weight is 223 g/mol. The van der Waals surface area contributed by atoms with Gasteiger partial charge < -0.3 is 5.11 Å². The molecule has 1 aromatic heterocycles. The van der Waals surface area contributed by atoms with Gasteiger partial charge in [-0.25, -0.2) is 4.98 Å². The fourth-order valence-corrected chi connectivity index (χ4v) is 2.79. The average Bonchev–Trinajstić information content (AvgIpc) is 2.86. The molecule has 3 atom stereocenters. The van der Waals surface area contributed by atoms with Crippen LogP contribution in [0, 0.1) is 11.8 Å². The normalized spacial score (nSPS) is 27.2. The van der Waals surface area contributed by atoms with E-state index in [9.17, 15) is 5.11 Å². The van der Waals surface area contributed by atoms with Crippen LogP contribution >= 0.6 is 0 Å². The van der Waals surface area contributed by atoms with Crippen molar-refractivity contribution in [2.45, 2.75) is 52.2 Å². The Morgan fingerprint density at radius 1 is 1.56 bits per heavy atom. The van der Waals surface area contributed by atoms with Gasteiger partial charge in [0.2, 0.25) is 0 Å². The van der Waals surface area contributed by atoms with Crippen LogP contribution in [0.25, 0.3) is 0 Å². The van der Waals surface area contributed by atoms with Gasteiger partial charge in [0.25, 0.3) is 0 Å². The van der Waals surface area contributed by atoms with E-state index in [1.54, 1.807) is 6.33 Å². The maximum atomic E-state index is 10.2. The van der Waals surface area contributed by atoms with Crippen LogP contribution in [0.1, 0.15) is 38.9 Å². The summed E-state index contributed by atoms with van der Waals surface area (Å²) in [6.07, 6.45) is 5.62. The fraction of sp³-hybridized carbons (Fsp3) is 0.833. The van der Waals surface area contributed by atoms with Crippen LogP contribution in [0.2, 0.25) is 0 Å². The van der Waals surface area contributed by atoms with Gasteiger partial charge in [0, 0.05) is 13.0 Å². The molecule has 0 aliphatic heterocycles. The van der Waals surface area contributed by atoms with E-state index in [2.05, 4.69) is 17.0 Å². The lowest BCUT2D eigenvalue weighted by atomic mass is 9.90. The highest BCUT2D eigenvalue weighted by molar-refractivity contribution is 4.91. The van der Waals surface area contributed by atoms with Gasteiger partial charge in [-0.2, -0.15) is 5.10 Å². The summed E-state index contributed by atoms with van der Waals surface area (Å²) < 4.78 is 1.86. The Kier molecular flexibility index (Phi) is 3.59. The standard InChI is InChI=1S/C12H21N3O/c1-3-15-12(13-8-14-15)7-11(16)10-6-4-5-9(10)2/h8-11,16H,3-7H2,1-2H3. The highest BCUT2D eigenvalue weighted by Crippen LogP contribution is 2.34. The molecule has 0 saturated heterocycles. The number of nitrogens with zero attached hydrogens (tertiary/aromatic N) is 3. The molecule has 0 spiro atoms. The van der Waals surface area contributed by atoms with Crippen LogP contribution in [0.3, 0.4) is 0 Å². The van der Waals surface area contributed by atoms with E-state index >= 15 is 0 Å². The van der Waals surface area contributed by atoms with Crippen LogP contribution in [0.4, 0.5) is 0 Å². The van der Waals surface area contributed by atoms with Gasteiger partial charge in [0.05, 0.1) is 6.10 Å². The van der Waals surface area contributed by atoms with Crippen molar-refractivity contribution in [1.82, 2.24) is 14.8 Å². The number of hydrogen-bond acceptors (Lipinski definition) is 3. The second-order valence-corrected chi connectivity index (χ2v) is 4.84. The Labute approximate surface area is 96.7 Å². The molecular formula is C12H21N3O. The monoisotopic (exact) mass is 223 g/mol. The third-order valence-electron chi connectivity index (χ3n) is 3.81. The molecule has 90 valence electrons. The van der Waals surface area contributed by atoms with Crippen molar-refractivity contribution >= 4 is 0 Å². The third-order valence-corrected chi connectivity index (χ3v) is 3.81. The van der Waals surface area contributed by atoms with E-state index in [1.807, 2.05) is 11.6 Å². The summed E-state index contributed by atoms with van der Waals surface area (Å²) in [5.41, 5.74) is 0. The first-order chi connectivity index (χ1) is 7.72. The Morgan fingerprint density at radius 3 is 3.00 bits per heavy atom. The molecule has 0 radical (unpaired) electrons. The quantitative estimate of drug-likeness (QED) is 0.844. The zero-order valence-corrected chi connectivity index (χ0v) is 10.1. The summed E-state index contributed by atoms with van der Waals surface area (Å²) in [6, 6.07) is 0. The van der Waals surface area contributed by atoms with Gasteiger partial charge in [0.15, 0.2) is 0 Å². The third kappa shape index (κ3) is 2.26. The minimum absolute atomic E-state index is 0.257. The largest absolute Gasteiger partial charge is 0.392 e. The van der Waals surface area contributed by atoms with Gasteiger partial charge >= 0.3 is 0 Å². The molecule has 2 rings (SSSR count). The highest BCUT2D eigenvalue weighted by atomic mass is 16.3. The molecule has 0 aromatic carbocycles. The van der Waals surface area contributed by atoms with Crippen molar-refractivity contribution in [3.05, 3.63) is 12.2 Å². The van der Waals surface area contributed by atoms with Crippen LogP contribution in [0.5, 0.6) is 0 Å². The van der Waals surface area contributed by atoms with Crippen LogP contribution in [-0.4, -0.2) is 26.0 Å². The molecule has 1 aromatic rings. The molecule has 16 heavy (non-hydrogen) atoms. The fourth-order valence-electron chi connectivity index (χ4n) is 2.79. The molecule has 1 N–H and O–H groups in total. The maximum Gasteiger partial charge on any atom is 0.138 e. The van der Waals surface area contributed by atoms with Crippen molar-refractivity contribution in [1.29, 1.82) is 0 Å². The van der Waals surface area contributed by atoms with Gasteiger partial charge in [0.1, 0.15) is 12.2 Å². The van der Waals surface area contributed by atoms with E-state index in [-0.39, 0.29) is 6.10 Å². The van der Waals surface area contributed by atoms with E-state index in [1.165, 1.54) is 12.8 Å². The lowest BCUT2D eigenvalue weighted by Gasteiger charge is -2.21. The molecule has 4 heteroatoms. The van der Waals surface area contributed by atoms with Crippen LogP contribution < -0.4 is 0 Å². The first kappa shape index (κ1) is 11.6. The predicted molar refractivity (Wildman–Crippen MR) is 61.9 cm³/mol. The predicted octanol–water partition coefficient (Wildman–Crippen LogP) is 1.64. The first-order valence-electron chi connectivity index (χ1n) is 6.27. The number of aliphatic hydroxyl groups is 1. The number of aryl methyl sites for hydroxylation is 1. The Morgan fingerprint density at radius 2 is 2.38 bits per heavy atom. The zero-order valence-electron chi connectivity index (χ0n) is 10.1. The van der Waals surface area contributed by atoms with Gasteiger partial charge in [-0.3, -0.25) is 4.68 Å². The lowest BCUT2D eigenvalue weighted by molar-refractivity contribution is 0.0873. The number of hydrogen-bond donors (Lipinski definition) is 1. The molecule has 1 heterocycles. The van der Waals surface area contributed by atoms with Crippen molar-refractivity contribution in [3.8, 4) is 0 Å². The van der Waals surface area contributed by atoms with Crippen molar-refractivity contribution in [2.24, 2.45) is 11.8 Å². The molecule has 0 bridgehead atoms. The molecule has 1 aliphatic rings. The number of rotatable bonds is 4. The lowest BCUT2D eigenvalue weighted by Crippen LogP contribution is -2.26. The molecule has 3 unspecified atom stereocenters. The molecule has 4 nitrogen and oxygen atoms in total. The van der Waals surface area contributed by atoms with Gasteiger partial charge in [-0.1, -0.05) is 19.8 Å². The van der Waals surface area contributed by atoms with Crippen molar-refractivity contribution in [3.63, 3.8) is 0 Å². The van der Waals surface area contributed by atoms with E-state index < -0.39 is 0 Å². The van der Waals surface area contributed by atoms with Gasteiger partial charge in [-0.05, 0) is 25.2 Å². The second kappa shape index (κ2) is 4.95. The van der Waals surface area contributed by atoms with Crippen LogP contribution in [-0.2, 0) is 13.0 Å². The van der Waals surface area contributed by atoms with E-state index in [0.717, 1.165) is 18.8 Å². The Bertz CT molecular complexity index is 337. The minimum atomic E-state index is -0.257. The molecular weight excluding hydrogens is 202 g/mol. The molecule has 1 saturated carbocycles. The van der Waals surface area contributed by atoms with Gasteiger partial charge in [-0.15, -0.1) is 0 Å². The van der Waals surface area contributed by atoms with Crippen molar-refractivity contribution in [2.75, 3.05) is 0 Å². The van der Waals surface area contributed by atoms with E-state index in [0.29, 0.717) is 18.3 Å². The first-order valence-corrected chi connectivity index (χ1v) is 6.27. The van der Waals surface area contributed by atoms with E-state index in [4.69, 9.17) is 0 Å². The molecule has 1 aliphatic carbocycles. The van der Waals surface area contributed by atoms with Crippen molar-refractivity contribution < 1.29 is 5.11 Å². The topological polar surface area (TPSA) is 50.9 Å². The maximum absolute atomic E-state index is 10.2. The molecule has 0 amide bonds. The summed E-state index contributed by atoms with van der Waals surface area (Å²) in [6.45, 7) is 5.11. The summed E-state index contributed by atoms with van der Waals surface area (Å²) in [5.74, 6) is 2.00. The Hall–Kier alpha value is -0.900. The summed E-state index contributed by atoms with van der Waals surface area (Å²) in [7, 11) is 0. The number of aliphatic hydroxyl groups excluding tert-OH is 1. The minimum Gasteiger partial charge on any atom is -0.392 e. The number of aromatic nitrogens is 3. The Balaban J connectivity index is 1.98. The summed E-state index contributed by atoms with van der Waals surface area (Å²) in [4.78, 5) is 4.22. The second-order valence-electron chi connectivity index (χ2n) is 4.84. The molecule has 1 fully saturated rings. The summed E-state index contributed by atoms with van der Waals surface area (Å²) in [5, 5.41) is 14.4. The smallest absolute Gasteiger partial charge is 0.138 e. The SMILES string of the molecule is CCn1ncnc1CC(O)C1CCCC1C. The van der Waals surface area contributed by atoms with Crippen LogP contribution in [0.15, 0.2) is 6.33 Å². The summed E-state index contributed by atoms with van der Waals surface area (Å²) >= 11 is 0. The zero-order chi connectivity index (χ0) is 11.5.